The standard InChI is InChI=1S/C49H51N3O2.C37H41N/c1-36(6-8-38-14-30-48(53-4)31-15-38)34-40-10-20-43(21-11-40)51(3)44-26-28-47(29-27-44)52(46-24-18-42(50)19-25-46)45-22-12-41(13-23-45)35-37(2)7-9-39-16-32-49(54-5)33-17-39;1-26(2)24-29-8-12-31(13-9-29)28(5)32-16-18-34(19-17-32)37(35-20-22-36(23-21-35)38(6)7)33-14-10-30(11-15-33)25-27(3)4/h10-35H,6-9,50H2,1-5H3;8-25,28,37H,1-7H3/b36-34-,37-35-;. The summed E-state index contributed by atoms with van der Waals surface area (Å²) in [7, 11) is 9.69. The molecule has 2 N–H and O–H groups in total. The summed E-state index contributed by atoms with van der Waals surface area (Å²) in [5, 5.41) is 0. The lowest BCUT2D eigenvalue weighted by Crippen LogP contribution is -2.12. The zero-order valence-corrected chi connectivity index (χ0v) is 56.1. The summed E-state index contributed by atoms with van der Waals surface area (Å²) in [5.41, 5.74) is 32.9. The van der Waals surface area contributed by atoms with E-state index < -0.39 is 0 Å². The Morgan fingerprint density at radius 2 is 0.652 bits per heavy atom. The molecule has 10 rings (SSSR count). The highest BCUT2D eigenvalue weighted by Crippen LogP contribution is 2.39. The summed E-state index contributed by atoms with van der Waals surface area (Å²) < 4.78 is 10.6. The quantitative estimate of drug-likeness (QED) is 0.0509. The molecule has 0 amide bonds. The molecule has 0 saturated heterocycles. The largest absolute Gasteiger partial charge is 0.497 e. The highest BCUT2D eigenvalue weighted by atomic mass is 16.5. The first-order valence-corrected chi connectivity index (χ1v) is 32.2. The molecule has 92 heavy (non-hydrogen) atoms. The van der Waals surface area contributed by atoms with E-state index in [-0.39, 0.29) is 5.92 Å². The zero-order valence-electron chi connectivity index (χ0n) is 56.1. The summed E-state index contributed by atoms with van der Waals surface area (Å²) in [6.07, 6.45) is 13.0. The molecule has 0 fully saturated rings. The third-order valence-corrected chi connectivity index (χ3v) is 17.0. The van der Waals surface area contributed by atoms with Gasteiger partial charge in [-0.2, -0.15) is 0 Å². The second-order valence-electron chi connectivity index (χ2n) is 24.9. The van der Waals surface area contributed by atoms with Crippen LogP contribution in [0.2, 0.25) is 0 Å². The van der Waals surface area contributed by atoms with Crippen molar-refractivity contribution in [2.45, 2.75) is 86.0 Å². The van der Waals surface area contributed by atoms with Crippen LogP contribution in [0.1, 0.15) is 134 Å². The van der Waals surface area contributed by atoms with Crippen molar-refractivity contribution in [1.29, 1.82) is 0 Å². The number of rotatable bonds is 23. The number of ether oxygens (including phenoxy) is 2. The van der Waals surface area contributed by atoms with E-state index in [4.69, 9.17) is 15.2 Å². The van der Waals surface area contributed by atoms with E-state index in [1.165, 1.54) is 89.2 Å². The number of benzene rings is 10. The monoisotopic (exact) mass is 1210 g/mol. The number of aryl methyl sites for hydroxylation is 2. The topological polar surface area (TPSA) is 54.2 Å². The third-order valence-electron chi connectivity index (χ3n) is 17.0. The van der Waals surface area contributed by atoms with Gasteiger partial charge in [-0.15, -0.1) is 0 Å². The number of methoxy groups -OCH3 is 2. The van der Waals surface area contributed by atoms with Crippen LogP contribution in [0.4, 0.5) is 39.8 Å². The van der Waals surface area contributed by atoms with E-state index in [0.717, 1.165) is 71.3 Å². The van der Waals surface area contributed by atoms with Gasteiger partial charge in [-0.25, -0.2) is 0 Å². The Morgan fingerprint density at radius 1 is 0.359 bits per heavy atom. The minimum absolute atomic E-state index is 0.180. The number of nitrogen functional groups attached to an aromatic ring is 1. The number of allylic oxidation sites excluding steroid dienone is 4. The van der Waals surface area contributed by atoms with E-state index >= 15 is 0 Å². The molecular formula is C86H92N4O2. The Morgan fingerprint density at radius 3 is 1.03 bits per heavy atom. The first-order chi connectivity index (χ1) is 44.5. The molecule has 468 valence electrons. The Hall–Kier alpha value is -10.0. The fourth-order valence-electron chi connectivity index (χ4n) is 11.6. The maximum atomic E-state index is 6.09. The van der Waals surface area contributed by atoms with Crippen molar-refractivity contribution >= 4 is 64.1 Å². The molecule has 0 heterocycles. The number of nitrogens with two attached hydrogens (primary N) is 1. The average molecular weight is 1210 g/mol. The fourth-order valence-corrected chi connectivity index (χ4v) is 11.6. The maximum absolute atomic E-state index is 6.09. The van der Waals surface area contributed by atoms with Crippen molar-refractivity contribution < 1.29 is 9.47 Å². The SMILES string of the molecule is CC(C)=Cc1ccc(C(C)c2ccc(C(c3ccc(C=C(C)C)cc3)c3ccc(N(C)C)cc3)cc2)cc1.COc1ccc(CC/C(C)=C\c2ccc(N(C)c3ccc(N(c4ccc(N)cc4)c4ccc(/C=C(/C)CCc5ccc(OC)cc5)cc4)cc3)cc2)cc1. The Kier molecular flexibility index (Phi) is 23.2. The lowest BCUT2D eigenvalue weighted by Gasteiger charge is -2.27. The molecule has 2 atom stereocenters. The highest BCUT2D eigenvalue weighted by Gasteiger charge is 2.19. The Labute approximate surface area is 550 Å². The van der Waals surface area contributed by atoms with Gasteiger partial charge in [0.1, 0.15) is 11.5 Å². The molecule has 0 aromatic heterocycles. The van der Waals surface area contributed by atoms with E-state index in [9.17, 15) is 0 Å². The first-order valence-electron chi connectivity index (χ1n) is 32.2. The van der Waals surface area contributed by atoms with Gasteiger partial charge in [-0.05, 0) is 238 Å². The van der Waals surface area contributed by atoms with Gasteiger partial charge in [0.05, 0.1) is 14.2 Å². The van der Waals surface area contributed by atoms with Gasteiger partial charge in [0, 0.05) is 72.8 Å². The molecule has 0 saturated carbocycles. The van der Waals surface area contributed by atoms with Gasteiger partial charge in [0.2, 0.25) is 0 Å². The second kappa shape index (κ2) is 32.1. The second-order valence-corrected chi connectivity index (χ2v) is 24.9. The lowest BCUT2D eigenvalue weighted by atomic mass is 9.83. The van der Waals surface area contributed by atoms with Crippen LogP contribution in [0.25, 0.3) is 24.3 Å². The molecule has 0 spiro atoms. The summed E-state index contributed by atoms with van der Waals surface area (Å²) in [6, 6.07) is 87.2. The van der Waals surface area contributed by atoms with E-state index in [0.29, 0.717) is 5.92 Å². The molecule has 0 aliphatic rings. The van der Waals surface area contributed by atoms with Gasteiger partial charge in [-0.3, -0.25) is 0 Å². The summed E-state index contributed by atoms with van der Waals surface area (Å²) in [6.45, 7) is 15.3. The maximum Gasteiger partial charge on any atom is 0.118 e. The molecular weight excluding hydrogens is 1120 g/mol. The third kappa shape index (κ3) is 18.5. The minimum Gasteiger partial charge on any atom is -0.497 e. The predicted octanol–water partition coefficient (Wildman–Crippen LogP) is 22.5. The van der Waals surface area contributed by atoms with Crippen LogP contribution in [0.3, 0.4) is 0 Å². The van der Waals surface area contributed by atoms with Gasteiger partial charge in [-0.1, -0.05) is 187 Å². The van der Waals surface area contributed by atoms with Crippen LogP contribution in [-0.4, -0.2) is 35.4 Å². The molecule has 2 unspecified atom stereocenters. The van der Waals surface area contributed by atoms with Crippen LogP contribution in [0.15, 0.2) is 265 Å². The summed E-state index contributed by atoms with van der Waals surface area (Å²) in [4.78, 5) is 6.64. The van der Waals surface area contributed by atoms with Crippen LogP contribution in [0, 0.1) is 0 Å². The van der Waals surface area contributed by atoms with Crippen LogP contribution < -0.4 is 29.9 Å². The van der Waals surface area contributed by atoms with Crippen LogP contribution >= 0.6 is 0 Å². The van der Waals surface area contributed by atoms with Gasteiger partial charge in [0.15, 0.2) is 0 Å². The first kappa shape index (κ1) is 66.4. The van der Waals surface area contributed by atoms with Gasteiger partial charge in [0.25, 0.3) is 0 Å². The predicted molar refractivity (Wildman–Crippen MR) is 397 cm³/mol. The minimum atomic E-state index is 0.180. The zero-order chi connectivity index (χ0) is 65.1. The number of hydrogen-bond donors (Lipinski definition) is 1. The molecule has 0 radical (unpaired) electrons. The van der Waals surface area contributed by atoms with Crippen LogP contribution in [0.5, 0.6) is 11.5 Å². The molecule has 10 aromatic carbocycles. The number of nitrogens with zero attached hydrogens (tertiary/aromatic N) is 3. The molecule has 0 aliphatic heterocycles. The average Bonchev–Trinajstić information content (AvgIpc) is 1.70. The van der Waals surface area contributed by atoms with Crippen molar-refractivity contribution in [2.24, 2.45) is 0 Å². The van der Waals surface area contributed by atoms with Gasteiger partial charge < -0.3 is 29.9 Å². The molecule has 6 nitrogen and oxygen atoms in total. The van der Waals surface area contributed by atoms with Crippen molar-refractivity contribution in [3.05, 3.63) is 326 Å². The van der Waals surface area contributed by atoms with Gasteiger partial charge >= 0.3 is 0 Å². The summed E-state index contributed by atoms with van der Waals surface area (Å²) in [5.74, 6) is 2.30. The Balaban J connectivity index is 0.000000231. The van der Waals surface area contributed by atoms with Crippen molar-refractivity contribution in [2.75, 3.05) is 55.8 Å². The molecule has 6 heteroatoms. The highest BCUT2D eigenvalue weighted by molar-refractivity contribution is 5.79. The van der Waals surface area contributed by atoms with E-state index in [1.807, 2.05) is 36.4 Å². The fraction of sp³-hybridized carbons (Fsp3) is 0.209. The lowest BCUT2D eigenvalue weighted by molar-refractivity contribution is 0.414. The smallest absolute Gasteiger partial charge is 0.118 e. The molecule has 10 aromatic rings. The summed E-state index contributed by atoms with van der Waals surface area (Å²) >= 11 is 0. The normalized spacial score (nSPS) is 12.0. The molecule has 0 aliphatic carbocycles. The van der Waals surface area contributed by atoms with Crippen molar-refractivity contribution in [3.63, 3.8) is 0 Å². The van der Waals surface area contributed by atoms with E-state index in [1.54, 1.807) is 14.2 Å². The number of anilines is 7. The molecule has 0 bridgehead atoms. The van der Waals surface area contributed by atoms with Crippen molar-refractivity contribution in [3.8, 4) is 11.5 Å². The van der Waals surface area contributed by atoms with E-state index in [2.05, 4.69) is 315 Å². The van der Waals surface area contributed by atoms with Crippen LogP contribution in [-0.2, 0) is 12.8 Å². The van der Waals surface area contributed by atoms with Crippen molar-refractivity contribution in [1.82, 2.24) is 0 Å². The number of hydrogen-bond acceptors (Lipinski definition) is 6. The Bertz CT molecular complexity index is 4040.